The fraction of sp³-hybridized carbons (Fsp3) is 0.692. The lowest BCUT2D eigenvalue weighted by Gasteiger charge is -2.31. The molecule has 1 aliphatic rings. The average molecular weight is 280 g/mol. The summed E-state index contributed by atoms with van der Waals surface area (Å²) in [6.07, 6.45) is 3.96. The van der Waals surface area contributed by atoms with Gasteiger partial charge in [-0.3, -0.25) is 19.6 Å². The lowest BCUT2D eigenvalue weighted by molar-refractivity contribution is -0.385. The quantitative estimate of drug-likeness (QED) is 0.621. The Kier molecular flexibility index (Phi) is 4.36. The highest BCUT2D eigenvalue weighted by molar-refractivity contribution is 5.76. The zero-order valence-electron chi connectivity index (χ0n) is 11.9. The van der Waals surface area contributed by atoms with E-state index in [2.05, 4.69) is 12.0 Å². The molecule has 0 aromatic carbocycles. The fourth-order valence-electron chi connectivity index (χ4n) is 2.59. The van der Waals surface area contributed by atoms with Crippen molar-refractivity contribution in [2.45, 2.75) is 39.7 Å². The van der Waals surface area contributed by atoms with E-state index in [1.807, 2.05) is 4.90 Å². The van der Waals surface area contributed by atoms with Crippen LogP contribution < -0.4 is 0 Å². The largest absolute Gasteiger partial charge is 0.342 e. The summed E-state index contributed by atoms with van der Waals surface area (Å²) in [7, 11) is 0. The van der Waals surface area contributed by atoms with Crippen LogP contribution in [0, 0.1) is 23.0 Å². The molecule has 1 aromatic heterocycles. The van der Waals surface area contributed by atoms with Crippen molar-refractivity contribution < 1.29 is 9.72 Å². The first-order chi connectivity index (χ1) is 9.47. The number of nitrogens with zero attached hydrogens (tertiary/aromatic N) is 4. The molecule has 110 valence electrons. The van der Waals surface area contributed by atoms with E-state index in [4.69, 9.17) is 0 Å². The Labute approximate surface area is 117 Å². The maximum Gasteiger partial charge on any atom is 0.309 e. The van der Waals surface area contributed by atoms with Gasteiger partial charge >= 0.3 is 5.69 Å². The molecule has 0 saturated carbocycles. The number of aromatic nitrogens is 2. The second-order valence-electron chi connectivity index (χ2n) is 5.46. The third-order valence-corrected chi connectivity index (χ3v) is 3.68. The van der Waals surface area contributed by atoms with Gasteiger partial charge < -0.3 is 4.90 Å². The predicted molar refractivity (Wildman–Crippen MR) is 73.2 cm³/mol. The number of carbonyl (C=O) groups excluding carboxylic acids is 1. The van der Waals surface area contributed by atoms with Gasteiger partial charge in [-0.05, 0) is 25.7 Å². The van der Waals surface area contributed by atoms with Crippen LogP contribution in [-0.2, 0) is 11.3 Å². The van der Waals surface area contributed by atoms with Crippen LogP contribution in [0.2, 0.25) is 0 Å². The van der Waals surface area contributed by atoms with Crippen molar-refractivity contribution in [2.75, 3.05) is 13.1 Å². The van der Waals surface area contributed by atoms with Crippen LogP contribution in [0.25, 0.3) is 0 Å². The van der Waals surface area contributed by atoms with Gasteiger partial charge in [0, 0.05) is 26.1 Å². The highest BCUT2D eigenvalue weighted by Crippen LogP contribution is 2.17. The summed E-state index contributed by atoms with van der Waals surface area (Å²) < 4.78 is 1.48. The molecule has 1 atom stereocenters. The van der Waals surface area contributed by atoms with Crippen molar-refractivity contribution in [2.24, 2.45) is 5.92 Å². The van der Waals surface area contributed by atoms with Crippen LogP contribution in [0.1, 0.15) is 31.9 Å². The summed E-state index contributed by atoms with van der Waals surface area (Å²) in [4.78, 5) is 24.3. The molecule has 1 fully saturated rings. The first kappa shape index (κ1) is 14.5. The third-order valence-electron chi connectivity index (χ3n) is 3.68. The molecule has 20 heavy (non-hydrogen) atoms. The first-order valence-electron chi connectivity index (χ1n) is 6.93. The van der Waals surface area contributed by atoms with Crippen molar-refractivity contribution in [1.82, 2.24) is 14.7 Å². The van der Waals surface area contributed by atoms with E-state index in [-0.39, 0.29) is 11.6 Å². The molecule has 2 heterocycles. The minimum absolute atomic E-state index is 0.00374. The number of likely N-dealkylation sites (tertiary alicyclic amines) is 1. The zero-order chi connectivity index (χ0) is 14.7. The van der Waals surface area contributed by atoms with Crippen molar-refractivity contribution in [3.8, 4) is 0 Å². The molecule has 1 saturated heterocycles. The van der Waals surface area contributed by atoms with E-state index in [0.717, 1.165) is 19.5 Å². The smallest absolute Gasteiger partial charge is 0.309 e. The Morgan fingerprint density at radius 1 is 1.60 bits per heavy atom. The van der Waals surface area contributed by atoms with E-state index >= 15 is 0 Å². The van der Waals surface area contributed by atoms with Crippen LogP contribution in [-0.4, -0.2) is 38.6 Å². The summed E-state index contributed by atoms with van der Waals surface area (Å²) in [6.45, 7) is 5.78. The summed E-state index contributed by atoms with van der Waals surface area (Å²) in [6, 6.07) is 0. The Balaban J connectivity index is 1.90. The van der Waals surface area contributed by atoms with Gasteiger partial charge in [-0.1, -0.05) is 6.92 Å². The number of carbonyl (C=O) groups is 1. The van der Waals surface area contributed by atoms with Crippen molar-refractivity contribution >= 4 is 11.6 Å². The molecule has 1 aromatic rings. The molecule has 0 unspecified atom stereocenters. The van der Waals surface area contributed by atoms with E-state index < -0.39 is 4.92 Å². The van der Waals surface area contributed by atoms with Gasteiger partial charge in [0.05, 0.1) is 4.92 Å². The highest BCUT2D eigenvalue weighted by Gasteiger charge is 2.21. The molecule has 0 aliphatic carbocycles. The van der Waals surface area contributed by atoms with Gasteiger partial charge in [0.25, 0.3) is 0 Å². The number of hydrogen-bond donors (Lipinski definition) is 0. The Morgan fingerprint density at radius 2 is 2.35 bits per heavy atom. The molecular weight excluding hydrogens is 260 g/mol. The van der Waals surface area contributed by atoms with Gasteiger partial charge in [-0.2, -0.15) is 5.10 Å². The fourth-order valence-corrected chi connectivity index (χ4v) is 2.59. The molecule has 7 heteroatoms. The third kappa shape index (κ3) is 3.34. The second-order valence-corrected chi connectivity index (χ2v) is 5.46. The molecule has 1 amide bonds. The van der Waals surface area contributed by atoms with Crippen LogP contribution in [0.4, 0.5) is 5.69 Å². The number of aryl methyl sites for hydroxylation is 2. The molecule has 0 bridgehead atoms. The number of amides is 1. The lowest BCUT2D eigenvalue weighted by Crippen LogP contribution is -2.39. The second kappa shape index (κ2) is 6.02. The van der Waals surface area contributed by atoms with Gasteiger partial charge in [0.15, 0.2) is 0 Å². The minimum atomic E-state index is -0.451. The topological polar surface area (TPSA) is 81.3 Å². The number of piperidine rings is 1. The van der Waals surface area contributed by atoms with Gasteiger partial charge in [-0.15, -0.1) is 0 Å². The number of rotatable bonds is 4. The highest BCUT2D eigenvalue weighted by atomic mass is 16.6. The molecule has 0 N–H and O–H groups in total. The van der Waals surface area contributed by atoms with E-state index in [1.165, 1.54) is 17.3 Å². The van der Waals surface area contributed by atoms with Gasteiger partial charge in [0.1, 0.15) is 11.9 Å². The van der Waals surface area contributed by atoms with E-state index in [9.17, 15) is 14.9 Å². The van der Waals surface area contributed by atoms with Crippen LogP contribution in [0.15, 0.2) is 6.20 Å². The summed E-state index contributed by atoms with van der Waals surface area (Å²) in [5.41, 5.74) is 0.387. The molecule has 0 spiro atoms. The first-order valence-corrected chi connectivity index (χ1v) is 6.93. The number of hydrogen-bond acceptors (Lipinski definition) is 4. The monoisotopic (exact) mass is 280 g/mol. The zero-order valence-corrected chi connectivity index (χ0v) is 11.9. The standard InChI is InChI=1S/C13H20N4O3/c1-10-4-3-6-15(8-10)13(18)5-7-16-9-12(17(19)20)11(2)14-16/h9-10H,3-8H2,1-2H3/t10-/m0/s1. The Morgan fingerprint density at radius 3 is 2.95 bits per heavy atom. The molecular formula is C13H20N4O3. The minimum Gasteiger partial charge on any atom is -0.342 e. The molecule has 2 rings (SSSR count). The van der Waals surface area contributed by atoms with Gasteiger partial charge in [0.2, 0.25) is 5.91 Å². The molecule has 7 nitrogen and oxygen atoms in total. The van der Waals surface area contributed by atoms with Crippen LogP contribution in [0.3, 0.4) is 0 Å². The van der Waals surface area contributed by atoms with E-state index in [1.54, 1.807) is 6.92 Å². The van der Waals surface area contributed by atoms with Crippen molar-refractivity contribution in [3.05, 3.63) is 22.0 Å². The summed E-state index contributed by atoms with van der Waals surface area (Å²) in [5.74, 6) is 0.660. The number of nitro groups is 1. The molecule has 1 aliphatic heterocycles. The van der Waals surface area contributed by atoms with Crippen molar-refractivity contribution in [1.29, 1.82) is 0 Å². The SMILES string of the molecule is Cc1nn(CCC(=O)N2CCC[C@H](C)C2)cc1[N+](=O)[O-]. The lowest BCUT2D eigenvalue weighted by atomic mass is 10.00. The predicted octanol–water partition coefficient (Wildman–Crippen LogP) is 1.75. The Hall–Kier alpha value is -1.92. The van der Waals surface area contributed by atoms with Gasteiger partial charge in [-0.25, -0.2) is 0 Å². The summed E-state index contributed by atoms with van der Waals surface area (Å²) in [5, 5.41) is 14.8. The van der Waals surface area contributed by atoms with Crippen LogP contribution in [0.5, 0.6) is 0 Å². The maximum atomic E-state index is 12.1. The average Bonchev–Trinajstić information content (AvgIpc) is 2.77. The summed E-state index contributed by atoms with van der Waals surface area (Å²) >= 11 is 0. The van der Waals surface area contributed by atoms with E-state index in [0.29, 0.717) is 24.6 Å². The van der Waals surface area contributed by atoms with Crippen molar-refractivity contribution in [3.63, 3.8) is 0 Å². The van der Waals surface area contributed by atoms with Crippen LogP contribution >= 0.6 is 0 Å². The maximum absolute atomic E-state index is 12.1. The molecule has 0 radical (unpaired) electrons. The normalized spacial score (nSPS) is 19.1. The Bertz CT molecular complexity index is 512.